The average molecular weight is 267 g/mol. The number of rotatable bonds is 6. The summed E-state index contributed by atoms with van der Waals surface area (Å²) in [6.45, 7) is 7.85. The molecule has 0 aliphatic carbocycles. The predicted molar refractivity (Wildman–Crippen MR) is 75.7 cm³/mol. The first-order valence-electron chi connectivity index (χ1n) is 5.95. The highest BCUT2D eigenvalue weighted by molar-refractivity contribution is 6.31. The number of nitrogens with one attached hydrogen (secondary N) is 2. The summed E-state index contributed by atoms with van der Waals surface area (Å²) >= 11 is 6.11. The van der Waals surface area contributed by atoms with Gasteiger partial charge in [-0.15, -0.1) is 6.58 Å². The van der Waals surface area contributed by atoms with Gasteiger partial charge in [0, 0.05) is 17.6 Å². The fraction of sp³-hybridized carbons (Fsp3) is 0.357. The van der Waals surface area contributed by atoms with E-state index in [1.165, 1.54) is 0 Å². The molecule has 1 rings (SSSR count). The Morgan fingerprint density at radius 1 is 1.44 bits per heavy atom. The van der Waals surface area contributed by atoms with Crippen molar-refractivity contribution in [3.63, 3.8) is 0 Å². The molecular formula is C14H19ClN2O. The topological polar surface area (TPSA) is 41.1 Å². The van der Waals surface area contributed by atoms with Gasteiger partial charge in [-0.25, -0.2) is 0 Å². The summed E-state index contributed by atoms with van der Waals surface area (Å²) in [5.41, 5.74) is 0.988. The van der Waals surface area contributed by atoms with Crippen LogP contribution in [0.15, 0.2) is 36.9 Å². The molecule has 4 heteroatoms. The third-order valence-electron chi connectivity index (χ3n) is 2.69. The smallest absolute Gasteiger partial charge is 0.237 e. The maximum absolute atomic E-state index is 11.7. The van der Waals surface area contributed by atoms with Crippen LogP contribution in [0.5, 0.6) is 0 Å². The molecule has 2 N–H and O–H groups in total. The molecule has 3 nitrogen and oxygen atoms in total. The lowest BCUT2D eigenvalue weighted by Gasteiger charge is -2.20. The number of hydrogen-bond donors (Lipinski definition) is 2. The van der Waals surface area contributed by atoms with Gasteiger partial charge in [-0.05, 0) is 25.5 Å². The first-order valence-corrected chi connectivity index (χ1v) is 6.33. The van der Waals surface area contributed by atoms with Crippen LogP contribution < -0.4 is 10.6 Å². The fourth-order valence-corrected chi connectivity index (χ4v) is 1.99. The lowest BCUT2D eigenvalue weighted by molar-refractivity contribution is -0.122. The summed E-state index contributed by atoms with van der Waals surface area (Å²) in [6, 6.07) is 7.35. The number of benzene rings is 1. The van der Waals surface area contributed by atoms with Crippen LogP contribution >= 0.6 is 11.6 Å². The van der Waals surface area contributed by atoms with Gasteiger partial charge in [0.05, 0.1) is 6.04 Å². The van der Waals surface area contributed by atoms with Crippen molar-refractivity contribution in [3.8, 4) is 0 Å². The lowest BCUT2D eigenvalue weighted by Crippen LogP contribution is -2.43. The van der Waals surface area contributed by atoms with Crippen molar-refractivity contribution < 1.29 is 4.79 Å². The maximum Gasteiger partial charge on any atom is 0.237 e. The zero-order valence-electron chi connectivity index (χ0n) is 10.7. The molecule has 0 aromatic heterocycles. The number of halogens is 1. The van der Waals surface area contributed by atoms with E-state index in [1.807, 2.05) is 38.1 Å². The maximum atomic E-state index is 11.7. The molecule has 0 aliphatic rings. The minimum absolute atomic E-state index is 0.0168. The van der Waals surface area contributed by atoms with E-state index in [0.29, 0.717) is 11.6 Å². The van der Waals surface area contributed by atoms with Gasteiger partial charge in [-0.1, -0.05) is 35.9 Å². The fourth-order valence-electron chi connectivity index (χ4n) is 1.69. The zero-order chi connectivity index (χ0) is 13.5. The lowest BCUT2D eigenvalue weighted by atomic mass is 10.1. The summed E-state index contributed by atoms with van der Waals surface area (Å²) in [5.74, 6) is -0.0474. The van der Waals surface area contributed by atoms with Crippen LogP contribution in [-0.4, -0.2) is 18.5 Å². The molecule has 0 aliphatic heterocycles. The van der Waals surface area contributed by atoms with Crippen molar-refractivity contribution in [1.29, 1.82) is 0 Å². The highest BCUT2D eigenvalue weighted by Crippen LogP contribution is 2.22. The van der Waals surface area contributed by atoms with Crippen molar-refractivity contribution in [1.82, 2.24) is 10.6 Å². The Morgan fingerprint density at radius 2 is 2.11 bits per heavy atom. The Labute approximate surface area is 113 Å². The third kappa shape index (κ3) is 4.17. The summed E-state index contributed by atoms with van der Waals surface area (Å²) in [4.78, 5) is 11.7. The van der Waals surface area contributed by atoms with E-state index in [1.54, 1.807) is 6.08 Å². The number of carbonyl (C=O) groups excluding carboxylic acids is 1. The minimum atomic E-state index is -0.281. The molecule has 1 aromatic rings. The van der Waals surface area contributed by atoms with Gasteiger partial charge in [0.2, 0.25) is 5.91 Å². The Hall–Kier alpha value is -1.32. The molecule has 1 aromatic carbocycles. The van der Waals surface area contributed by atoms with E-state index in [-0.39, 0.29) is 18.0 Å². The van der Waals surface area contributed by atoms with Gasteiger partial charge in [0.1, 0.15) is 0 Å². The molecule has 0 fully saturated rings. The largest absolute Gasteiger partial charge is 0.351 e. The molecule has 2 atom stereocenters. The second-order valence-corrected chi connectivity index (χ2v) is 4.57. The second-order valence-electron chi connectivity index (χ2n) is 4.17. The van der Waals surface area contributed by atoms with E-state index in [4.69, 9.17) is 11.6 Å². The van der Waals surface area contributed by atoms with Gasteiger partial charge < -0.3 is 5.32 Å². The Kier molecular flexibility index (Phi) is 5.89. The molecule has 0 radical (unpaired) electrons. The van der Waals surface area contributed by atoms with Crippen molar-refractivity contribution in [2.45, 2.75) is 25.9 Å². The monoisotopic (exact) mass is 266 g/mol. The summed E-state index contributed by atoms with van der Waals surface area (Å²) in [7, 11) is 0. The van der Waals surface area contributed by atoms with Crippen molar-refractivity contribution >= 4 is 17.5 Å². The summed E-state index contributed by atoms with van der Waals surface area (Å²) in [6.07, 6.45) is 1.65. The highest BCUT2D eigenvalue weighted by atomic mass is 35.5. The van der Waals surface area contributed by atoms with Gasteiger partial charge in [0.25, 0.3) is 0 Å². The van der Waals surface area contributed by atoms with Gasteiger partial charge in [0.15, 0.2) is 0 Å². The highest BCUT2D eigenvalue weighted by Gasteiger charge is 2.16. The van der Waals surface area contributed by atoms with Crippen LogP contribution in [0.25, 0.3) is 0 Å². The van der Waals surface area contributed by atoms with Gasteiger partial charge >= 0.3 is 0 Å². The van der Waals surface area contributed by atoms with Crippen LogP contribution in [0.4, 0.5) is 0 Å². The Morgan fingerprint density at radius 3 is 2.72 bits per heavy atom. The van der Waals surface area contributed by atoms with Crippen LogP contribution in [0.2, 0.25) is 5.02 Å². The summed E-state index contributed by atoms with van der Waals surface area (Å²) < 4.78 is 0. The number of carbonyl (C=O) groups is 1. The van der Waals surface area contributed by atoms with Crippen molar-refractivity contribution in [2.75, 3.05) is 6.54 Å². The predicted octanol–water partition coefficient (Wildman–Crippen LogP) is 2.68. The normalized spacial score (nSPS) is 13.7. The molecule has 0 bridgehead atoms. The Bertz CT molecular complexity index is 420. The molecule has 0 heterocycles. The molecule has 18 heavy (non-hydrogen) atoms. The zero-order valence-corrected chi connectivity index (χ0v) is 11.5. The van der Waals surface area contributed by atoms with Crippen molar-refractivity contribution in [2.24, 2.45) is 0 Å². The van der Waals surface area contributed by atoms with Crippen LogP contribution in [0, 0.1) is 0 Å². The second kappa shape index (κ2) is 7.19. The van der Waals surface area contributed by atoms with Gasteiger partial charge in [-0.3, -0.25) is 10.1 Å². The first kappa shape index (κ1) is 14.7. The molecule has 0 saturated heterocycles. The molecule has 0 unspecified atom stereocenters. The third-order valence-corrected chi connectivity index (χ3v) is 3.03. The molecule has 0 spiro atoms. The molecule has 0 saturated carbocycles. The van der Waals surface area contributed by atoms with Crippen molar-refractivity contribution in [3.05, 3.63) is 47.5 Å². The first-order chi connectivity index (χ1) is 8.56. The molecule has 98 valence electrons. The minimum Gasteiger partial charge on any atom is -0.351 e. The Balaban J connectivity index is 2.59. The van der Waals surface area contributed by atoms with Crippen LogP contribution in [-0.2, 0) is 4.79 Å². The van der Waals surface area contributed by atoms with E-state index < -0.39 is 0 Å². The SMILES string of the molecule is C=CCNC(=O)[C@H](C)N[C@H](C)c1ccccc1Cl. The quantitative estimate of drug-likeness (QED) is 0.778. The number of hydrogen-bond acceptors (Lipinski definition) is 2. The van der Waals surface area contributed by atoms with E-state index in [0.717, 1.165) is 5.56 Å². The van der Waals surface area contributed by atoms with Gasteiger partial charge in [-0.2, -0.15) is 0 Å². The molecular weight excluding hydrogens is 248 g/mol. The van der Waals surface area contributed by atoms with Crippen LogP contribution in [0.3, 0.4) is 0 Å². The summed E-state index contributed by atoms with van der Waals surface area (Å²) in [5, 5.41) is 6.67. The van der Waals surface area contributed by atoms with E-state index in [2.05, 4.69) is 17.2 Å². The van der Waals surface area contributed by atoms with Crippen LogP contribution in [0.1, 0.15) is 25.5 Å². The average Bonchev–Trinajstić information content (AvgIpc) is 2.36. The van der Waals surface area contributed by atoms with E-state index in [9.17, 15) is 4.79 Å². The standard InChI is InChI=1S/C14H19ClN2O/c1-4-9-16-14(18)11(3)17-10(2)12-7-5-6-8-13(12)15/h4-8,10-11,17H,1,9H2,2-3H3,(H,16,18)/t10-,11+/m1/s1. The van der Waals surface area contributed by atoms with E-state index >= 15 is 0 Å². The molecule has 1 amide bonds. The number of amides is 1.